The van der Waals surface area contributed by atoms with E-state index in [0.29, 0.717) is 25.8 Å². The lowest BCUT2D eigenvalue weighted by Gasteiger charge is -2.33. The maximum atomic E-state index is 12.6. The van der Waals surface area contributed by atoms with E-state index in [4.69, 9.17) is 0 Å². The normalized spacial score (nSPS) is 12.2. The van der Waals surface area contributed by atoms with Crippen LogP contribution in [0.4, 0.5) is 10.5 Å². The third kappa shape index (κ3) is 6.17. The molecule has 0 aliphatic rings. The molecule has 1 rings (SSSR count). The fraction of sp³-hybridized carbons (Fsp3) is 0.588. The van der Waals surface area contributed by atoms with E-state index >= 15 is 0 Å². The van der Waals surface area contributed by atoms with Gasteiger partial charge in [0.05, 0.1) is 4.92 Å². The summed E-state index contributed by atoms with van der Waals surface area (Å²) in [7, 11) is -2.59. The van der Waals surface area contributed by atoms with Gasteiger partial charge in [-0.2, -0.15) is 0 Å². The minimum atomic E-state index is -3.97. The van der Waals surface area contributed by atoms with Gasteiger partial charge in [-0.1, -0.05) is 18.6 Å². The molecular weight excluding hydrogens is 374 g/mol. The smallest absolute Gasteiger partial charge is 0.407 e. The minimum absolute atomic E-state index is 0.191. The summed E-state index contributed by atoms with van der Waals surface area (Å²) in [6.45, 7) is 5.99. The number of nitro benzene ring substituents is 1. The summed E-state index contributed by atoms with van der Waals surface area (Å²) >= 11 is 0. The zero-order valence-corrected chi connectivity index (χ0v) is 16.9. The van der Waals surface area contributed by atoms with E-state index in [-0.39, 0.29) is 11.4 Å². The SMILES string of the molecule is CN(CCCCCN(C(=O)O)C(C)(C)C)S(=O)(=O)c1ccccc1[N+](=O)[O-]. The second kappa shape index (κ2) is 9.14. The lowest BCUT2D eigenvalue weighted by atomic mass is 10.1. The maximum absolute atomic E-state index is 12.6. The summed E-state index contributed by atoms with van der Waals surface area (Å²) in [5.74, 6) is 0. The van der Waals surface area contributed by atoms with Crippen molar-refractivity contribution in [2.75, 3.05) is 20.1 Å². The molecule has 27 heavy (non-hydrogen) atoms. The number of unbranched alkanes of at least 4 members (excludes halogenated alkanes) is 2. The first-order chi connectivity index (χ1) is 12.4. The number of nitro groups is 1. The molecule has 0 aliphatic heterocycles. The van der Waals surface area contributed by atoms with Gasteiger partial charge < -0.3 is 10.0 Å². The van der Waals surface area contributed by atoms with Crippen molar-refractivity contribution >= 4 is 21.8 Å². The summed E-state index contributed by atoms with van der Waals surface area (Å²) < 4.78 is 26.3. The van der Waals surface area contributed by atoms with Crippen LogP contribution in [0.3, 0.4) is 0 Å². The molecule has 0 atom stereocenters. The van der Waals surface area contributed by atoms with Gasteiger partial charge in [0.15, 0.2) is 4.90 Å². The fourth-order valence-corrected chi connectivity index (χ4v) is 3.98. The molecule has 10 heteroatoms. The van der Waals surface area contributed by atoms with Crippen molar-refractivity contribution in [3.8, 4) is 0 Å². The summed E-state index contributed by atoms with van der Waals surface area (Å²) in [6.07, 6.45) is 0.770. The average molecular weight is 401 g/mol. The van der Waals surface area contributed by atoms with Crippen LogP contribution in [0, 0.1) is 10.1 Å². The molecule has 0 heterocycles. The molecule has 9 nitrogen and oxygen atoms in total. The summed E-state index contributed by atoms with van der Waals surface area (Å²) in [5.41, 5.74) is -0.954. The van der Waals surface area contributed by atoms with Crippen LogP contribution in [0.15, 0.2) is 29.2 Å². The minimum Gasteiger partial charge on any atom is -0.465 e. The monoisotopic (exact) mass is 401 g/mol. The highest BCUT2D eigenvalue weighted by Gasteiger charge is 2.29. The highest BCUT2D eigenvalue weighted by Crippen LogP contribution is 2.25. The Morgan fingerprint density at radius 3 is 2.22 bits per heavy atom. The predicted octanol–water partition coefficient (Wildman–Crippen LogP) is 3.16. The topological polar surface area (TPSA) is 121 Å². The standard InChI is InChI=1S/C17H27N3O6S/c1-17(2,3)19(16(21)22)13-9-5-8-12-18(4)27(25,26)15-11-7-6-10-14(15)20(23)24/h6-7,10-11H,5,8-9,12-13H2,1-4H3,(H,21,22). The molecule has 1 aromatic rings. The van der Waals surface area contributed by atoms with Crippen LogP contribution in [-0.4, -0.2) is 59.4 Å². The molecule has 0 aliphatic carbocycles. The Bertz CT molecular complexity index is 773. The van der Waals surface area contributed by atoms with Gasteiger partial charge in [0.2, 0.25) is 10.0 Å². The van der Waals surface area contributed by atoms with Crippen molar-refractivity contribution in [1.82, 2.24) is 9.21 Å². The Hall–Kier alpha value is -2.20. The first kappa shape index (κ1) is 22.8. The number of nitrogens with zero attached hydrogens (tertiary/aromatic N) is 3. The highest BCUT2D eigenvalue weighted by molar-refractivity contribution is 7.89. The molecule has 152 valence electrons. The average Bonchev–Trinajstić information content (AvgIpc) is 2.56. The molecule has 0 saturated carbocycles. The Balaban J connectivity index is 2.64. The molecule has 1 N–H and O–H groups in total. The van der Waals surface area contributed by atoms with Crippen LogP contribution in [0.2, 0.25) is 0 Å². The van der Waals surface area contributed by atoms with E-state index in [0.717, 1.165) is 10.4 Å². The number of hydrogen-bond donors (Lipinski definition) is 1. The molecule has 0 fully saturated rings. The van der Waals surface area contributed by atoms with Gasteiger partial charge in [0, 0.05) is 31.7 Å². The van der Waals surface area contributed by atoms with Crippen LogP contribution in [0.1, 0.15) is 40.0 Å². The maximum Gasteiger partial charge on any atom is 0.407 e. The number of sulfonamides is 1. The first-order valence-electron chi connectivity index (χ1n) is 8.59. The summed E-state index contributed by atoms with van der Waals surface area (Å²) in [4.78, 5) is 22.6. The molecular formula is C17H27N3O6S. The van der Waals surface area contributed by atoms with Crippen LogP contribution in [-0.2, 0) is 10.0 Å². The molecule has 1 aromatic carbocycles. The Kier molecular flexibility index (Phi) is 7.73. The highest BCUT2D eigenvalue weighted by atomic mass is 32.2. The van der Waals surface area contributed by atoms with Gasteiger partial charge in [-0.15, -0.1) is 0 Å². The number of amides is 1. The fourth-order valence-electron chi connectivity index (χ4n) is 2.61. The number of hydrogen-bond acceptors (Lipinski definition) is 5. The van der Waals surface area contributed by atoms with E-state index in [1.807, 2.05) is 20.8 Å². The molecule has 0 unspecified atom stereocenters. The van der Waals surface area contributed by atoms with Crippen molar-refractivity contribution in [1.29, 1.82) is 0 Å². The number of benzene rings is 1. The van der Waals surface area contributed by atoms with Gasteiger partial charge in [-0.25, -0.2) is 17.5 Å². The third-order valence-corrected chi connectivity index (χ3v) is 6.05. The van der Waals surface area contributed by atoms with E-state index in [9.17, 15) is 28.4 Å². The van der Waals surface area contributed by atoms with Crippen LogP contribution in [0.25, 0.3) is 0 Å². The largest absolute Gasteiger partial charge is 0.465 e. The Labute approximate surface area is 159 Å². The second-order valence-electron chi connectivity index (χ2n) is 7.22. The van der Waals surface area contributed by atoms with Crippen molar-refractivity contribution in [2.45, 2.75) is 50.5 Å². The third-order valence-electron chi connectivity index (χ3n) is 4.15. The first-order valence-corrected chi connectivity index (χ1v) is 10.0. The second-order valence-corrected chi connectivity index (χ2v) is 9.23. The molecule has 0 radical (unpaired) electrons. The van der Waals surface area contributed by atoms with Crippen molar-refractivity contribution in [3.05, 3.63) is 34.4 Å². The van der Waals surface area contributed by atoms with E-state index in [2.05, 4.69) is 0 Å². The number of carboxylic acid groups (broad SMARTS) is 1. The lowest BCUT2D eigenvalue weighted by molar-refractivity contribution is -0.387. The Morgan fingerprint density at radius 1 is 1.15 bits per heavy atom. The molecule has 0 saturated heterocycles. The number of rotatable bonds is 9. The molecule has 0 spiro atoms. The predicted molar refractivity (Wildman–Crippen MR) is 101 cm³/mol. The summed E-state index contributed by atoms with van der Waals surface area (Å²) in [5, 5.41) is 20.3. The quantitative estimate of drug-likeness (QED) is 0.385. The molecule has 1 amide bonds. The number of para-hydroxylation sites is 1. The van der Waals surface area contributed by atoms with Gasteiger partial charge in [0.25, 0.3) is 5.69 Å². The van der Waals surface area contributed by atoms with Crippen molar-refractivity contribution in [2.24, 2.45) is 0 Å². The number of carbonyl (C=O) groups is 1. The van der Waals surface area contributed by atoms with Crippen LogP contribution >= 0.6 is 0 Å². The zero-order valence-electron chi connectivity index (χ0n) is 16.1. The summed E-state index contributed by atoms with van der Waals surface area (Å²) in [6, 6.07) is 5.24. The van der Waals surface area contributed by atoms with E-state index in [1.54, 1.807) is 0 Å². The van der Waals surface area contributed by atoms with Gasteiger partial charge in [-0.3, -0.25) is 10.1 Å². The van der Waals surface area contributed by atoms with Crippen molar-refractivity contribution < 1.29 is 23.2 Å². The van der Waals surface area contributed by atoms with Gasteiger partial charge >= 0.3 is 6.09 Å². The molecule has 0 bridgehead atoms. The van der Waals surface area contributed by atoms with Crippen LogP contribution in [0.5, 0.6) is 0 Å². The van der Waals surface area contributed by atoms with E-state index in [1.165, 1.54) is 30.1 Å². The van der Waals surface area contributed by atoms with Crippen LogP contribution < -0.4 is 0 Å². The lowest BCUT2D eigenvalue weighted by Crippen LogP contribution is -2.45. The van der Waals surface area contributed by atoms with Gasteiger partial charge in [0.1, 0.15) is 0 Å². The van der Waals surface area contributed by atoms with Gasteiger partial charge in [-0.05, 0) is 39.7 Å². The van der Waals surface area contributed by atoms with Crippen molar-refractivity contribution in [3.63, 3.8) is 0 Å². The zero-order chi connectivity index (χ0) is 20.8. The van der Waals surface area contributed by atoms with E-state index < -0.39 is 32.3 Å². The molecule has 0 aromatic heterocycles. The Morgan fingerprint density at radius 2 is 1.70 bits per heavy atom.